The molecule has 4 aromatic rings. The van der Waals surface area contributed by atoms with Gasteiger partial charge in [0.05, 0.1) is 5.56 Å². The number of benzene rings is 2. The number of carbonyl (C=O) groups excluding carboxylic acids is 2. The molecule has 5 rings (SSSR count). The fourth-order valence-electron chi connectivity index (χ4n) is 4.85. The summed E-state index contributed by atoms with van der Waals surface area (Å²) in [5, 5.41) is 5.29. The lowest BCUT2D eigenvalue weighted by atomic mass is 9.91. The molecule has 0 radical (unpaired) electrons. The van der Waals surface area contributed by atoms with Gasteiger partial charge in [0.1, 0.15) is 5.65 Å². The first-order chi connectivity index (χ1) is 16.7. The van der Waals surface area contributed by atoms with E-state index in [9.17, 15) is 9.59 Å². The monoisotopic (exact) mass is 454 g/mol. The van der Waals surface area contributed by atoms with Crippen molar-refractivity contribution in [3.05, 3.63) is 84.3 Å². The average molecular weight is 455 g/mol. The smallest absolute Gasteiger partial charge is 0.253 e. The number of likely N-dealkylation sites (tertiary alicyclic amines) is 1. The number of hydrogen-bond donors (Lipinski definition) is 1. The van der Waals surface area contributed by atoms with Gasteiger partial charge in [-0.3, -0.25) is 9.59 Å². The number of amides is 2. The molecule has 1 aliphatic rings. The summed E-state index contributed by atoms with van der Waals surface area (Å²) in [6, 6.07) is 17.8. The van der Waals surface area contributed by atoms with Gasteiger partial charge in [-0.1, -0.05) is 43.2 Å². The number of imidazole rings is 1. The van der Waals surface area contributed by atoms with Crippen LogP contribution in [0, 0.1) is 5.92 Å². The molecular weight excluding hydrogens is 424 g/mol. The first-order valence-corrected chi connectivity index (χ1v) is 12.2. The lowest BCUT2D eigenvalue weighted by Gasteiger charge is -2.32. The zero-order chi connectivity index (χ0) is 23.3. The molecule has 34 heavy (non-hydrogen) atoms. The predicted molar refractivity (Wildman–Crippen MR) is 134 cm³/mol. The predicted octanol–water partition coefficient (Wildman–Crippen LogP) is 4.94. The normalized spacial score (nSPS) is 14.5. The highest BCUT2D eigenvalue weighted by atomic mass is 16.2. The van der Waals surface area contributed by atoms with Gasteiger partial charge in [0.15, 0.2) is 0 Å². The topological polar surface area (TPSA) is 66.7 Å². The Kier molecular flexibility index (Phi) is 6.56. The van der Waals surface area contributed by atoms with E-state index < -0.39 is 0 Å². The number of rotatable bonds is 7. The molecule has 1 saturated heterocycles. The van der Waals surface area contributed by atoms with E-state index in [-0.39, 0.29) is 11.8 Å². The molecule has 0 aliphatic carbocycles. The highest BCUT2D eigenvalue weighted by molar-refractivity contribution is 5.98. The molecule has 0 unspecified atom stereocenters. The summed E-state index contributed by atoms with van der Waals surface area (Å²) >= 11 is 0. The van der Waals surface area contributed by atoms with E-state index in [1.54, 1.807) is 6.20 Å². The minimum atomic E-state index is -0.0453. The number of hydrogen-bond acceptors (Lipinski definition) is 3. The largest absolute Gasteiger partial charge is 0.352 e. The van der Waals surface area contributed by atoms with Gasteiger partial charge in [-0.15, -0.1) is 0 Å². The molecule has 2 amide bonds. The zero-order valence-electron chi connectivity index (χ0n) is 19.3. The Balaban J connectivity index is 1.02. The van der Waals surface area contributed by atoms with Crippen LogP contribution in [0.15, 0.2) is 73.2 Å². The Hall–Kier alpha value is -3.67. The lowest BCUT2D eigenvalue weighted by Crippen LogP contribution is -2.38. The van der Waals surface area contributed by atoms with Crippen molar-refractivity contribution in [3.63, 3.8) is 0 Å². The van der Waals surface area contributed by atoms with Gasteiger partial charge in [-0.05, 0) is 60.2 Å². The maximum atomic E-state index is 13.0. The highest BCUT2D eigenvalue weighted by Crippen LogP contribution is 2.24. The standard InChI is InChI=1S/C28H30N4O2/c33-27(25-10-11-26-29-15-18-32(26)20-25)30-14-4-3-5-21-12-16-31(17-13-21)28(34)24-9-8-22-6-1-2-7-23(22)19-24/h1-2,6-11,15,18-21H,3-5,12-14,16-17H2,(H,30,33). The van der Waals surface area contributed by atoms with Crippen LogP contribution in [0.3, 0.4) is 0 Å². The molecule has 174 valence electrons. The second-order valence-electron chi connectivity index (χ2n) is 9.16. The molecule has 0 spiro atoms. The third-order valence-electron chi connectivity index (χ3n) is 6.87. The van der Waals surface area contributed by atoms with E-state index in [1.807, 2.05) is 64.2 Å². The molecule has 2 aromatic heterocycles. The number of nitrogens with one attached hydrogen (secondary N) is 1. The highest BCUT2D eigenvalue weighted by Gasteiger charge is 2.23. The maximum Gasteiger partial charge on any atom is 0.253 e. The van der Waals surface area contributed by atoms with Gasteiger partial charge in [0.2, 0.25) is 0 Å². The first-order valence-electron chi connectivity index (χ1n) is 12.2. The van der Waals surface area contributed by atoms with E-state index in [4.69, 9.17) is 0 Å². The second kappa shape index (κ2) is 10.1. The van der Waals surface area contributed by atoms with Crippen LogP contribution >= 0.6 is 0 Å². The number of pyridine rings is 1. The SMILES string of the molecule is O=C(NCCCCC1CCN(C(=O)c2ccc3ccccc3c2)CC1)c1ccc2nccn2c1. The Labute approximate surface area is 199 Å². The molecule has 1 fully saturated rings. The van der Waals surface area contributed by atoms with Crippen molar-refractivity contribution in [1.29, 1.82) is 0 Å². The summed E-state index contributed by atoms with van der Waals surface area (Å²) in [6.07, 6.45) is 10.7. The zero-order valence-corrected chi connectivity index (χ0v) is 19.3. The summed E-state index contributed by atoms with van der Waals surface area (Å²) in [5.41, 5.74) is 2.26. The van der Waals surface area contributed by atoms with E-state index in [2.05, 4.69) is 22.4 Å². The van der Waals surface area contributed by atoms with Crippen LogP contribution in [0.2, 0.25) is 0 Å². The Morgan fingerprint density at radius 2 is 1.74 bits per heavy atom. The van der Waals surface area contributed by atoms with Crippen LogP contribution in [0.1, 0.15) is 52.8 Å². The first kappa shape index (κ1) is 22.1. The van der Waals surface area contributed by atoms with Gasteiger partial charge < -0.3 is 14.6 Å². The second-order valence-corrected chi connectivity index (χ2v) is 9.16. The third-order valence-corrected chi connectivity index (χ3v) is 6.87. The van der Waals surface area contributed by atoms with Crippen molar-refractivity contribution in [2.75, 3.05) is 19.6 Å². The summed E-state index contributed by atoms with van der Waals surface area (Å²) in [6.45, 7) is 2.33. The van der Waals surface area contributed by atoms with Crippen molar-refractivity contribution in [2.45, 2.75) is 32.1 Å². The van der Waals surface area contributed by atoms with E-state index in [0.29, 0.717) is 18.0 Å². The van der Waals surface area contributed by atoms with Crippen LogP contribution in [-0.4, -0.2) is 45.7 Å². The Morgan fingerprint density at radius 3 is 2.59 bits per heavy atom. The van der Waals surface area contributed by atoms with E-state index in [0.717, 1.165) is 67.2 Å². The maximum absolute atomic E-state index is 13.0. The molecule has 1 N–H and O–H groups in total. The van der Waals surface area contributed by atoms with Gasteiger partial charge in [0, 0.05) is 43.8 Å². The minimum absolute atomic E-state index is 0.0453. The minimum Gasteiger partial charge on any atom is -0.352 e. The number of aromatic nitrogens is 2. The van der Waals surface area contributed by atoms with Crippen LogP contribution in [0.25, 0.3) is 16.4 Å². The molecular formula is C28H30N4O2. The molecule has 6 nitrogen and oxygen atoms in total. The summed E-state index contributed by atoms with van der Waals surface area (Å²) in [5.74, 6) is 0.747. The van der Waals surface area contributed by atoms with Gasteiger partial charge in [-0.25, -0.2) is 4.98 Å². The number of carbonyl (C=O) groups is 2. The summed E-state index contributed by atoms with van der Waals surface area (Å²) < 4.78 is 1.85. The lowest BCUT2D eigenvalue weighted by molar-refractivity contribution is 0.0686. The number of piperidine rings is 1. The molecule has 1 aliphatic heterocycles. The molecule has 6 heteroatoms. The quantitative estimate of drug-likeness (QED) is 0.402. The number of unbranched alkanes of at least 4 members (excludes halogenated alkanes) is 1. The van der Waals surface area contributed by atoms with Crippen molar-refractivity contribution >= 4 is 28.2 Å². The number of fused-ring (bicyclic) bond motifs is 2. The van der Waals surface area contributed by atoms with E-state index >= 15 is 0 Å². The van der Waals surface area contributed by atoms with Crippen molar-refractivity contribution in [1.82, 2.24) is 19.6 Å². The van der Waals surface area contributed by atoms with Crippen molar-refractivity contribution in [2.24, 2.45) is 5.92 Å². The van der Waals surface area contributed by atoms with Gasteiger partial charge >= 0.3 is 0 Å². The fraction of sp³-hybridized carbons (Fsp3) is 0.321. The average Bonchev–Trinajstić information content (AvgIpc) is 3.36. The van der Waals surface area contributed by atoms with Crippen molar-refractivity contribution in [3.8, 4) is 0 Å². The van der Waals surface area contributed by atoms with Gasteiger partial charge in [-0.2, -0.15) is 0 Å². The van der Waals surface area contributed by atoms with Gasteiger partial charge in [0.25, 0.3) is 11.8 Å². The van der Waals surface area contributed by atoms with Crippen molar-refractivity contribution < 1.29 is 9.59 Å². The summed E-state index contributed by atoms with van der Waals surface area (Å²) in [4.78, 5) is 31.5. The molecule has 2 aromatic carbocycles. The molecule has 0 saturated carbocycles. The molecule has 3 heterocycles. The summed E-state index contributed by atoms with van der Waals surface area (Å²) in [7, 11) is 0. The fourth-order valence-corrected chi connectivity index (χ4v) is 4.85. The van der Waals surface area contributed by atoms with Crippen LogP contribution < -0.4 is 5.32 Å². The number of nitrogens with zero attached hydrogens (tertiary/aromatic N) is 3. The van der Waals surface area contributed by atoms with Crippen LogP contribution in [0.4, 0.5) is 0 Å². The van der Waals surface area contributed by atoms with Crippen LogP contribution in [0.5, 0.6) is 0 Å². The Bertz CT molecular complexity index is 1300. The third kappa shape index (κ3) is 4.96. The molecule has 0 atom stereocenters. The van der Waals surface area contributed by atoms with Crippen LogP contribution in [-0.2, 0) is 0 Å². The molecule has 0 bridgehead atoms. The van der Waals surface area contributed by atoms with E-state index in [1.165, 1.54) is 0 Å². The Morgan fingerprint density at radius 1 is 0.941 bits per heavy atom.